The van der Waals surface area contributed by atoms with Crippen LogP contribution in [0.3, 0.4) is 0 Å². The fourth-order valence-corrected chi connectivity index (χ4v) is 3.27. The van der Waals surface area contributed by atoms with Gasteiger partial charge < -0.3 is 15.4 Å². The van der Waals surface area contributed by atoms with Gasteiger partial charge in [0.1, 0.15) is 5.75 Å². The quantitative estimate of drug-likeness (QED) is 0.934. The van der Waals surface area contributed by atoms with E-state index < -0.39 is 0 Å². The van der Waals surface area contributed by atoms with Crippen LogP contribution in [0.1, 0.15) is 25.7 Å². The number of amides is 1. The molecule has 1 amide bonds. The van der Waals surface area contributed by atoms with Gasteiger partial charge in [0.05, 0.1) is 5.69 Å². The van der Waals surface area contributed by atoms with Crippen LogP contribution in [0.5, 0.6) is 5.75 Å². The van der Waals surface area contributed by atoms with E-state index >= 15 is 0 Å². The van der Waals surface area contributed by atoms with Crippen LogP contribution >= 0.6 is 11.3 Å². The molecule has 0 atom stereocenters. The molecule has 6 heteroatoms. The van der Waals surface area contributed by atoms with Crippen LogP contribution in [-0.2, 0) is 4.79 Å². The molecule has 1 aromatic heterocycles. The molecule has 0 aliphatic carbocycles. The number of nitrogens with zero attached hydrogens (tertiary/aromatic N) is 2. The van der Waals surface area contributed by atoms with E-state index in [9.17, 15) is 4.79 Å². The van der Waals surface area contributed by atoms with Crippen LogP contribution in [0.4, 0.5) is 5.13 Å². The van der Waals surface area contributed by atoms with Crippen molar-refractivity contribution in [1.29, 1.82) is 0 Å². The highest BCUT2D eigenvalue weighted by atomic mass is 32.1. The molecule has 5 nitrogen and oxygen atoms in total. The minimum absolute atomic E-state index is 0.0725. The largest absolute Gasteiger partial charge is 0.484 e. The van der Waals surface area contributed by atoms with E-state index in [0.29, 0.717) is 10.9 Å². The fraction of sp³-hybridized carbons (Fsp3) is 0.412. The summed E-state index contributed by atoms with van der Waals surface area (Å²) in [6, 6.07) is 7.58. The number of rotatable bonds is 4. The number of carbonyl (C=O) groups is 1. The highest BCUT2D eigenvalue weighted by Crippen LogP contribution is 2.25. The lowest BCUT2D eigenvalue weighted by molar-refractivity contribution is -0.133. The zero-order valence-electron chi connectivity index (χ0n) is 13.0. The van der Waals surface area contributed by atoms with Crippen LogP contribution in [0, 0.1) is 0 Å². The van der Waals surface area contributed by atoms with Gasteiger partial charge in [0.25, 0.3) is 5.91 Å². The fourth-order valence-electron chi connectivity index (χ4n) is 2.70. The zero-order valence-corrected chi connectivity index (χ0v) is 13.8. The topological polar surface area (TPSA) is 68.5 Å². The van der Waals surface area contributed by atoms with E-state index in [1.165, 1.54) is 24.2 Å². The Labute approximate surface area is 140 Å². The Morgan fingerprint density at radius 3 is 2.48 bits per heavy atom. The third-order valence-corrected chi connectivity index (χ3v) is 4.67. The predicted octanol–water partition coefficient (Wildman–Crippen LogP) is 3.17. The molecule has 1 aliphatic rings. The Morgan fingerprint density at radius 2 is 1.87 bits per heavy atom. The maximum absolute atomic E-state index is 12.2. The summed E-state index contributed by atoms with van der Waals surface area (Å²) >= 11 is 1.42. The van der Waals surface area contributed by atoms with Gasteiger partial charge in [-0.15, -0.1) is 11.3 Å². The lowest BCUT2D eigenvalue weighted by Crippen LogP contribution is -2.35. The summed E-state index contributed by atoms with van der Waals surface area (Å²) < 4.78 is 5.62. The van der Waals surface area contributed by atoms with E-state index in [1.807, 2.05) is 34.5 Å². The van der Waals surface area contributed by atoms with Crippen LogP contribution in [0.15, 0.2) is 29.6 Å². The number of anilines is 1. The highest BCUT2D eigenvalue weighted by molar-refractivity contribution is 7.13. The second-order valence-corrected chi connectivity index (χ2v) is 6.57. The van der Waals surface area contributed by atoms with Gasteiger partial charge in [0, 0.05) is 24.0 Å². The van der Waals surface area contributed by atoms with E-state index in [0.717, 1.165) is 37.2 Å². The third-order valence-electron chi connectivity index (χ3n) is 3.99. The number of aromatic nitrogens is 1. The van der Waals surface area contributed by atoms with E-state index in [4.69, 9.17) is 10.5 Å². The van der Waals surface area contributed by atoms with Crippen molar-refractivity contribution in [3.8, 4) is 17.0 Å². The second-order valence-electron chi connectivity index (χ2n) is 5.68. The first kappa shape index (κ1) is 15.8. The molecule has 1 aliphatic heterocycles. The Hall–Kier alpha value is -2.08. The molecule has 1 aromatic carbocycles. The van der Waals surface area contributed by atoms with Gasteiger partial charge in [-0.25, -0.2) is 4.98 Å². The van der Waals surface area contributed by atoms with E-state index in [2.05, 4.69) is 4.98 Å². The summed E-state index contributed by atoms with van der Waals surface area (Å²) in [6.07, 6.45) is 4.62. The second kappa shape index (κ2) is 7.46. The summed E-state index contributed by atoms with van der Waals surface area (Å²) in [4.78, 5) is 18.4. The molecular formula is C17H21N3O2S. The van der Waals surface area contributed by atoms with Crippen LogP contribution < -0.4 is 10.5 Å². The molecule has 0 unspecified atom stereocenters. The van der Waals surface area contributed by atoms with Crippen LogP contribution in [0.2, 0.25) is 0 Å². The Balaban J connectivity index is 1.55. The van der Waals surface area contributed by atoms with Gasteiger partial charge in [0.15, 0.2) is 11.7 Å². The van der Waals surface area contributed by atoms with Crippen molar-refractivity contribution in [3.63, 3.8) is 0 Å². The molecule has 2 heterocycles. The smallest absolute Gasteiger partial charge is 0.260 e. The monoisotopic (exact) mass is 331 g/mol. The van der Waals surface area contributed by atoms with Crippen molar-refractivity contribution in [1.82, 2.24) is 9.88 Å². The number of carbonyl (C=O) groups excluding carboxylic acids is 1. The number of nitrogens with two attached hydrogens (primary N) is 1. The van der Waals surface area contributed by atoms with Crippen molar-refractivity contribution in [3.05, 3.63) is 29.6 Å². The first-order chi connectivity index (χ1) is 11.2. The number of benzene rings is 1. The minimum atomic E-state index is 0.0725. The molecule has 0 spiro atoms. The van der Waals surface area contributed by atoms with Gasteiger partial charge >= 0.3 is 0 Å². The normalized spacial score (nSPS) is 15.2. The number of hydrogen-bond acceptors (Lipinski definition) is 5. The lowest BCUT2D eigenvalue weighted by Gasteiger charge is -2.20. The van der Waals surface area contributed by atoms with E-state index in [-0.39, 0.29) is 12.5 Å². The first-order valence-corrected chi connectivity index (χ1v) is 8.82. The molecule has 122 valence electrons. The van der Waals surface area contributed by atoms with Crippen molar-refractivity contribution >= 4 is 22.4 Å². The molecule has 23 heavy (non-hydrogen) atoms. The Morgan fingerprint density at radius 1 is 1.17 bits per heavy atom. The molecule has 3 rings (SSSR count). The SMILES string of the molecule is Nc1nc(-c2ccc(OCC(=O)N3CCCCCC3)cc2)cs1. The van der Waals surface area contributed by atoms with Gasteiger partial charge in [-0.1, -0.05) is 12.8 Å². The third kappa shape index (κ3) is 4.22. The van der Waals surface area contributed by atoms with Crippen LogP contribution in [-0.4, -0.2) is 35.5 Å². The molecule has 2 aromatic rings. The number of nitrogen functional groups attached to an aromatic ring is 1. The summed E-state index contributed by atoms with van der Waals surface area (Å²) in [6.45, 7) is 1.81. The predicted molar refractivity (Wildman–Crippen MR) is 92.5 cm³/mol. The van der Waals surface area contributed by atoms with Gasteiger partial charge in [-0.3, -0.25) is 4.79 Å². The molecular weight excluding hydrogens is 310 g/mol. The zero-order chi connectivity index (χ0) is 16.1. The standard InChI is InChI=1S/C17H21N3O2S/c18-17-19-15(12-23-17)13-5-7-14(8-6-13)22-11-16(21)20-9-3-1-2-4-10-20/h5-8,12H,1-4,9-11H2,(H2,18,19). The number of thiazole rings is 1. The van der Waals surface area contributed by atoms with E-state index in [1.54, 1.807) is 0 Å². The van der Waals surface area contributed by atoms with Crippen molar-refractivity contribution in [2.45, 2.75) is 25.7 Å². The average molecular weight is 331 g/mol. The Kier molecular flexibility index (Phi) is 5.12. The molecule has 0 radical (unpaired) electrons. The summed E-state index contributed by atoms with van der Waals surface area (Å²) in [5, 5.41) is 2.48. The van der Waals surface area contributed by atoms with Gasteiger partial charge in [0.2, 0.25) is 0 Å². The molecule has 2 N–H and O–H groups in total. The van der Waals surface area contributed by atoms with Crippen molar-refractivity contribution in [2.24, 2.45) is 0 Å². The number of ether oxygens (including phenoxy) is 1. The highest BCUT2D eigenvalue weighted by Gasteiger charge is 2.15. The number of likely N-dealkylation sites (tertiary alicyclic amines) is 1. The lowest BCUT2D eigenvalue weighted by atomic mass is 10.2. The average Bonchev–Trinajstić information content (AvgIpc) is 2.84. The summed E-state index contributed by atoms with van der Waals surface area (Å²) in [5.41, 5.74) is 7.50. The first-order valence-electron chi connectivity index (χ1n) is 7.94. The maximum atomic E-state index is 12.2. The molecule has 0 bridgehead atoms. The number of hydrogen-bond donors (Lipinski definition) is 1. The molecule has 1 saturated heterocycles. The minimum Gasteiger partial charge on any atom is -0.484 e. The van der Waals surface area contributed by atoms with Gasteiger partial charge in [-0.2, -0.15) is 0 Å². The summed E-state index contributed by atoms with van der Waals surface area (Å²) in [5.74, 6) is 0.767. The Bertz CT molecular complexity index is 646. The van der Waals surface area contributed by atoms with Crippen LogP contribution in [0.25, 0.3) is 11.3 Å². The summed E-state index contributed by atoms with van der Waals surface area (Å²) in [7, 11) is 0. The maximum Gasteiger partial charge on any atom is 0.260 e. The van der Waals surface area contributed by atoms with Gasteiger partial charge in [-0.05, 0) is 37.1 Å². The molecule has 1 fully saturated rings. The van der Waals surface area contributed by atoms with Crippen molar-refractivity contribution < 1.29 is 9.53 Å². The van der Waals surface area contributed by atoms with Crippen molar-refractivity contribution in [2.75, 3.05) is 25.4 Å². The molecule has 0 saturated carbocycles.